The first-order chi connectivity index (χ1) is 8.19. The van der Waals surface area contributed by atoms with Crippen molar-refractivity contribution < 1.29 is 14.3 Å². The summed E-state index contributed by atoms with van der Waals surface area (Å²) in [6.45, 7) is 7.26. The molecular weight excluding hydrogens is 252 g/mol. The molecule has 1 heterocycles. The lowest BCUT2D eigenvalue weighted by Gasteiger charge is -2.24. The van der Waals surface area contributed by atoms with E-state index in [2.05, 4.69) is 4.98 Å². The maximum Gasteiger partial charge on any atom is 0.410 e. The van der Waals surface area contributed by atoms with Crippen molar-refractivity contribution >= 4 is 23.2 Å². The van der Waals surface area contributed by atoms with Gasteiger partial charge >= 0.3 is 6.09 Å². The first-order valence-electron chi connectivity index (χ1n) is 5.58. The lowest BCUT2D eigenvalue weighted by atomic mass is 10.2. The highest BCUT2D eigenvalue weighted by molar-refractivity contribution is 7.09. The SMILES string of the molecule is CC(=O)c1csc(CN(C)C(=O)OC(C)(C)C)n1. The van der Waals surface area contributed by atoms with Gasteiger partial charge in [0.1, 0.15) is 16.3 Å². The molecule has 1 aromatic heterocycles. The third-order valence-corrected chi connectivity index (χ3v) is 2.82. The van der Waals surface area contributed by atoms with Crippen molar-refractivity contribution in [3.63, 3.8) is 0 Å². The van der Waals surface area contributed by atoms with Crippen LogP contribution in [0.4, 0.5) is 4.79 Å². The van der Waals surface area contributed by atoms with Crippen LogP contribution in [0.15, 0.2) is 5.38 Å². The van der Waals surface area contributed by atoms with E-state index >= 15 is 0 Å². The lowest BCUT2D eigenvalue weighted by molar-refractivity contribution is 0.0285. The Morgan fingerprint density at radius 1 is 1.44 bits per heavy atom. The van der Waals surface area contributed by atoms with Crippen LogP contribution >= 0.6 is 11.3 Å². The van der Waals surface area contributed by atoms with Crippen LogP contribution in [0.2, 0.25) is 0 Å². The Bertz CT molecular complexity index is 448. The number of rotatable bonds is 3. The zero-order valence-electron chi connectivity index (χ0n) is 11.3. The highest BCUT2D eigenvalue weighted by Gasteiger charge is 2.20. The van der Waals surface area contributed by atoms with Crippen LogP contribution in [-0.4, -0.2) is 34.4 Å². The van der Waals surface area contributed by atoms with Gasteiger partial charge in [0.15, 0.2) is 5.78 Å². The summed E-state index contributed by atoms with van der Waals surface area (Å²) >= 11 is 1.36. The second kappa shape index (κ2) is 5.48. The smallest absolute Gasteiger partial charge is 0.410 e. The fourth-order valence-corrected chi connectivity index (χ4v) is 2.04. The van der Waals surface area contributed by atoms with Crippen molar-refractivity contribution in [3.8, 4) is 0 Å². The van der Waals surface area contributed by atoms with Gasteiger partial charge in [-0.25, -0.2) is 9.78 Å². The Labute approximate surface area is 111 Å². The minimum Gasteiger partial charge on any atom is -0.444 e. The number of aromatic nitrogens is 1. The van der Waals surface area contributed by atoms with E-state index in [-0.39, 0.29) is 5.78 Å². The van der Waals surface area contributed by atoms with Crippen molar-refractivity contribution in [3.05, 3.63) is 16.1 Å². The van der Waals surface area contributed by atoms with Crippen LogP contribution in [0.25, 0.3) is 0 Å². The van der Waals surface area contributed by atoms with Gasteiger partial charge in [0, 0.05) is 19.4 Å². The molecule has 0 unspecified atom stereocenters. The Balaban J connectivity index is 2.61. The Hall–Kier alpha value is -1.43. The van der Waals surface area contributed by atoms with Crippen LogP contribution in [0, 0.1) is 0 Å². The standard InChI is InChI=1S/C12H18N2O3S/c1-8(15)9-7-18-10(13-9)6-14(5)11(16)17-12(2,3)4/h7H,6H2,1-5H3. The van der Waals surface area contributed by atoms with E-state index in [9.17, 15) is 9.59 Å². The zero-order chi connectivity index (χ0) is 13.9. The van der Waals surface area contributed by atoms with E-state index in [0.717, 1.165) is 0 Å². The number of carbonyl (C=O) groups excluding carboxylic acids is 2. The quantitative estimate of drug-likeness (QED) is 0.792. The molecule has 0 saturated carbocycles. The fourth-order valence-electron chi connectivity index (χ4n) is 1.15. The fraction of sp³-hybridized carbons (Fsp3) is 0.583. The topological polar surface area (TPSA) is 59.5 Å². The average Bonchev–Trinajstić information content (AvgIpc) is 2.63. The summed E-state index contributed by atoms with van der Waals surface area (Å²) in [5.41, 5.74) is -0.0775. The van der Waals surface area contributed by atoms with Gasteiger partial charge in [0.25, 0.3) is 0 Å². The van der Waals surface area contributed by atoms with E-state index in [1.165, 1.54) is 23.2 Å². The number of hydrogen-bond acceptors (Lipinski definition) is 5. The molecule has 0 aliphatic carbocycles. The number of hydrogen-bond donors (Lipinski definition) is 0. The summed E-state index contributed by atoms with van der Waals surface area (Å²) in [4.78, 5) is 28.4. The zero-order valence-corrected chi connectivity index (χ0v) is 12.1. The van der Waals surface area contributed by atoms with Crippen molar-refractivity contribution in [2.75, 3.05) is 7.05 Å². The number of nitrogens with zero attached hydrogens (tertiary/aromatic N) is 2. The number of ether oxygens (including phenoxy) is 1. The third kappa shape index (κ3) is 4.44. The normalized spacial score (nSPS) is 11.2. The Kier molecular flexibility index (Phi) is 4.45. The average molecular weight is 270 g/mol. The second-order valence-corrected chi connectivity index (χ2v) is 5.96. The molecule has 0 saturated heterocycles. The molecule has 0 radical (unpaired) electrons. The third-order valence-electron chi connectivity index (χ3n) is 1.99. The predicted octanol–water partition coefficient (Wildman–Crippen LogP) is 2.71. The Morgan fingerprint density at radius 2 is 2.06 bits per heavy atom. The van der Waals surface area contributed by atoms with E-state index in [1.54, 1.807) is 12.4 Å². The number of thiazole rings is 1. The van der Waals surface area contributed by atoms with Crippen LogP contribution in [-0.2, 0) is 11.3 Å². The molecule has 0 aliphatic heterocycles. The molecule has 1 rings (SSSR count). The molecule has 0 spiro atoms. The second-order valence-electron chi connectivity index (χ2n) is 5.02. The molecular formula is C12H18N2O3S. The molecule has 1 aromatic rings. The highest BCUT2D eigenvalue weighted by Crippen LogP contribution is 2.14. The van der Waals surface area contributed by atoms with E-state index in [1.807, 2.05) is 20.8 Å². The van der Waals surface area contributed by atoms with Gasteiger partial charge in [0.2, 0.25) is 0 Å². The molecule has 6 heteroatoms. The van der Waals surface area contributed by atoms with Gasteiger partial charge in [0.05, 0.1) is 6.54 Å². The maximum absolute atomic E-state index is 11.7. The van der Waals surface area contributed by atoms with Crippen LogP contribution in [0.1, 0.15) is 43.2 Å². The molecule has 100 valence electrons. The molecule has 0 bridgehead atoms. The number of carbonyl (C=O) groups is 2. The van der Waals surface area contributed by atoms with Crippen molar-refractivity contribution in [2.24, 2.45) is 0 Å². The molecule has 0 fully saturated rings. The van der Waals surface area contributed by atoms with E-state index < -0.39 is 11.7 Å². The van der Waals surface area contributed by atoms with Crippen molar-refractivity contribution in [1.82, 2.24) is 9.88 Å². The number of Topliss-reactive ketones (excluding diaryl/α,β-unsaturated/α-hetero) is 1. The van der Waals surface area contributed by atoms with Crippen LogP contribution in [0.5, 0.6) is 0 Å². The van der Waals surface area contributed by atoms with Gasteiger partial charge in [-0.15, -0.1) is 11.3 Å². The summed E-state index contributed by atoms with van der Waals surface area (Å²) in [5, 5.41) is 2.41. The molecule has 0 aliphatic rings. The van der Waals surface area contributed by atoms with Crippen LogP contribution < -0.4 is 0 Å². The maximum atomic E-state index is 11.7. The molecule has 0 atom stereocenters. The van der Waals surface area contributed by atoms with Crippen molar-refractivity contribution in [1.29, 1.82) is 0 Å². The molecule has 5 nitrogen and oxygen atoms in total. The van der Waals surface area contributed by atoms with Gasteiger partial charge in [-0.2, -0.15) is 0 Å². The largest absolute Gasteiger partial charge is 0.444 e. The monoisotopic (exact) mass is 270 g/mol. The summed E-state index contributed by atoms with van der Waals surface area (Å²) in [7, 11) is 1.64. The van der Waals surface area contributed by atoms with Crippen LogP contribution in [0.3, 0.4) is 0 Å². The first kappa shape index (κ1) is 14.6. The summed E-state index contributed by atoms with van der Waals surface area (Å²) in [6.07, 6.45) is -0.401. The van der Waals surface area contributed by atoms with E-state index in [4.69, 9.17) is 4.74 Å². The minimum absolute atomic E-state index is 0.0718. The first-order valence-corrected chi connectivity index (χ1v) is 6.46. The van der Waals surface area contributed by atoms with Gasteiger partial charge in [-0.05, 0) is 20.8 Å². The van der Waals surface area contributed by atoms with Gasteiger partial charge in [-0.3, -0.25) is 4.79 Å². The summed E-state index contributed by atoms with van der Waals surface area (Å²) in [6, 6.07) is 0. The highest BCUT2D eigenvalue weighted by atomic mass is 32.1. The summed E-state index contributed by atoms with van der Waals surface area (Å²) in [5.74, 6) is -0.0718. The minimum atomic E-state index is -0.515. The predicted molar refractivity (Wildman–Crippen MR) is 69.8 cm³/mol. The molecule has 0 N–H and O–H groups in total. The van der Waals surface area contributed by atoms with Gasteiger partial charge in [-0.1, -0.05) is 0 Å². The Morgan fingerprint density at radius 3 is 2.50 bits per heavy atom. The van der Waals surface area contributed by atoms with E-state index in [0.29, 0.717) is 17.2 Å². The number of ketones is 1. The van der Waals surface area contributed by atoms with Crippen molar-refractivity contribution in [2.45, 2.75) is 39.8 Å². The number of amides is 1. The summed E-state index contributed by atoms with van der Waals surface area (Å²) < 4.78 is 5.22. The molecule has 1 amide bonds. The molecule has 0 aromatic carbocycles. The lowest BCUT2D eigenvalue weighted by Crippen LogP contribution is -2.33. The molecule has 18 heavy (non-hydrogen) atoms. The van der Waals surface area contributed by atoms with Gasteiger partial charge < -0.3 is 9.64 Å².